The summed E-state index contributed by atoms with van der Waals surface area (Å²) in [4.78, 5) is 10.1. The van der Waals surface area contributed by atoms with Crippen molar-refractivity contribution in [1.29, 1.82) is 0 Å². The molecule has 9 heavy (non-hydrogen) atoms. The first kappa shape index (κ1) is 10.1. The van der Waals surface area contributed by atoms with Crippen LogP contribution in [0.5, 0.6) is 0 Å². The van der Waals surface area contributed by atoms with Crippen molar-refractivity contribution in [2.45, 2.75) is 25.7 Å². The Morgan fingerprint density at radius 3 is 2.00 bits per heavy atom. The van der Waals surface area contributed by atoms with Crippen molar-refractivity contribution >= 4 is 5.97 Å². The molecule has 1 saturated carbocycles. The van der Waals surface area contributed by atoms with Crippen molar-refractivity contribution in [1.82, 2.24) is 0 Å². The Morgan fingerprint density at radius 1 is 1.33 bits per heavy atom. The molecule has 0 radical (unpaired) electrons. The van der Waals surface area contributed by atoms with Gasteiger partial charge in [-0.15, -0.1) is 0 Å². The van der Waals surface area contributed by atoms with Crippen LogP contribution in [0.15, 0.2) is 0 Å². The molecule has 0 spiro atoms. The third-order valence-corrected chi connectivity index (χ3v) is 1.69. The van der Waals surface area contributed by atoms with Crippen LogP contribution < -0.4 is 56.5 Å². The third-order valence-electron chi connectivity index (χ3n) is 1.69. The number of carbonyl (C=O) groups is 1. The second kappa shape index (κ2) is 4.85. The summed E-state index contributed by atoms with van der Waals surface area (Å²) in [5.74, 6) is -0.988. The number of carboxylic acid groups (broad SMARTS) is 1. The van der Waals surface area contributed by atoms with Crippen molar-refractivity contribution in [3.8, 4) is 0 Å². The van der Waals surface area contributed by atoms with Gasteiger partial charge in [0.15, 0.2) is 0 Å². The molecule has 0 saturated heterocycles. The van der Waals surface area contributed by atoms with Crippen LogP contribution in [-0.4, -0.2) is 5.97 Å². The Morgan fingerprint density at radius 2 is 1.78 bits per heavy atom. The number of carboxylic acids is 1. The monoisotopic (exact) mass is 152 g/mol. The fourth-order valence-corrected chi connectivity index (χ4v) is 1.16. The summed E-state index contributed by atoms with van der Waals surface area (Å²) >= 11 is 0. The van der Waals surface area contributed by atoms with Gasteiger partial charge in [-0.1, -0.05) is 12.8 Å². The number of rotatable bonds is 1. The van der Waals surface area contributed by atoms with E-state index in [0.717, 1.165) is 25.7 Å². The van der Waals surface area contributed by atoms with Gasteiger partial charge in [-0.2, -0.15) is 0 Å². The van der Waals surface area contributed by atoms with Crippen LogP contribution in [0, 0.1) is 5.92 Å². The summed E-state index contributed by atoms with van der Waals surface area (Å²) in [7, 11) is 0. The minimum Gasteiger partial charge on any atom is -0.550 e. The first-order chi connectivity index (χ1) is 3.80. The van der Waals surface area contributed by atoms with Gasteiger partial charge in [0.25, 0.3) is 0 Å². The molecule has 0 aliphatic heterocycles. The largest absolute Gasteiger partial charge is 1.00 e. The van der Waals surface area contributed by atoms with E-state index in [2.05, 4.69) is 0 Å². The summed E-state index contributed by atoms with van der Waals surface area (Å²) in [6.07, 6.45) is 3.81. The van der Waals surface area contributed by atoms with E-state index in [-0.39, 0.29) is 57.3 Å². The van der Waals surface area contributed by atoms with Crippen LogP contribution in [-0.2, 0) is 4.79 Å². The smallest absolute Gasteiger partial charge is 0.550 e. The second-order valence-electron chi connectivity index (χ2n) is 2.30. The summed E-state index contributed by atoms with van der Waals surface area (Å²) in [5.41, 5.74) is 0. The summed E-state index contributed by atoms with van der Waals surface area (Å²) in [6, 6.07) is 0. The number of hydrogen-bond donors (Lipinski definition) is 0. The van der Waals surface area contributed by atoms with Gasteiger partial charge in [-0.25, -0.2) is 0 Å². The molecular formula is C6H9KO2. The average Bonchev–Trinajstić information content (AvgIpc) is 2.12. The predicted octanol–water partition coefficient (Wildman–Crippen LogP) is -3.07. The first-order valence-corrected chi connectivity index (χ1v) is 3.01. The minimum absolute atomic E-state index is 0. The Balaban J connectivity index is 0.000000640. The molecule has 0 unspecified atom stereocenters. The SMILES string of the molecule is O=C([O-])C1CCCC1.[K+]. The van der Waals surface area contributed by atoms with Crippen LogP contribution in [0.2, 0.25) is 0 Å². The zero-order valence-corrected chi connectivity index (χ0v) is 8.85. The van der Waals surface area contributed by atoms with Crippen molar-refractivity contribution in [3.63, 3.8) is 0 Å². The molecule has 0 aromatic rings. The minimum atomic E-state index is -0.859. The van der Waals surface area contributed by atoms with Gasteiger partial charge < -0.3 is 9.90 Å². The van der Waals surface area contributed by atoms with Crippen LogP contribution >= 0.6 is 0 Å². The van der Waals surface area contributed by atoms with E-state index in [1.807, 2.05) is 0 Å². The van der Waals surface area contributed by atoms with E-state index >= 15 is 0 Å². The van der Waals surface area contributed by atoms with Crippen molar-refractivity contribution in [2.75, 3.05) is 0 Å². The van der Waals surface area contributed by atoms with E-state index < -0.39 is 5.97 Å². The maximum absolute atomic E-state index is 10.1. The van der Waals surface area contributed by atoms with Crippen LogP contribution in [0.1, 0.15) is 25.7 Å². The molecule has 3 heteroatoms. The summed E-state index contributed by atoms with van der Waals surface area (Å²) in [6.45, 7) is 0. The molecule has 0 heterocycles. The fraction of sp³-hybridized carbons (Fsp3) is 0.833. The first-order valence-electron chi connectivity index (χ1n) is 3.01. The van der Waals surface area contributed by atoms with Gasteiger partial charge in [0, 0.05) is 5.97 Å². The van der Waals surface area contributed by atoms with E-state index in [9.17, 15) is 9.90 Å². The Labute approximate surface area is 97.4 Å². The Hall–Kier alpha value is 1.11. The Bertz CT molecular complexity index is 97.2. The summed E-state index contributed by atoms with van der Waals surface area (Å²) in [5, 5.41) is 10.1. The molecule has 2 nitrogen and oxygen atoms in total. The van der Waals surface area contributed by atoms with E-state index in [4.69, 9.17) is 0 Å². The molecule has 0 N–H and O–H groups in total. The van der Waals surface area contributed by atoms with Gasteiger partial charge >= 0.3 is 51.4 Å². The molecule has 1 aliphatic rings. The van der Waals surface area contributed by atoms with Crippen LogP contribution in [0.4, 0.5) is 0 Å². The molecule has 1 fully saturated rings. The molecular weight excluding hydrogens is 143 g/mol. The zero-order chi connectivity index (χ0) is 5.98. The van der Waals surface area contributed by atoms with Gasteiger partial charge in [0.05, 0.1) is 0 Å². The Kier molecular flexibility index (Phi) is 5.45. The number of aliphatic carboxylic acids is 1. The third kappa shape index (κ3) is 3.14. The second-order valence-corrected chi connectivity index (χ2v) is 2.30. The maximum atomic E-state index is 10.1. The van der Waals surface area contributed by atoms with Gasteiger partial charge in [0.2, 0.25) is 0 Å². The molecule has 0 atom stereocenters. The average molecular weight is 152 g/mol. The predicted molar refractivity (Wildman–Crippen MR) is 27.0 cm³/mol. The van der Waals surface area contributed by atoms with E-state index in [1.54, 1.807) is 0 Å². The van der Waals surface area contributed by atoms with Crippen molar-refractivity contribution in [2.24, 2.45) is 5.92 Å². The fourth-order valence-electron chi connectivity index (χ4n) is 1.16. The number of carbonyl (C=O) groups excluding carboxylic acids is 1. The van der Waals surface area contributed by atoms with Crippen molar-refractivity contribution in [3.05, 3.63) is 0 Å². The van der Waals surface area contributed by atoms with Gasteiger partial charge in [-0.3, -0.25) is 0 Å². The quantitative estimate of drug-likeness (QED) is 0.374. The van der Waals surface area contributed by atoms with Crippen LogP contribution in [0.3, 0.4) is 0 Å². The van der Waals surface area contributed by atoms with E-state index in [0.29, 0.717) is 0 Å². The van der Waals surface area contributed by atoms with Gasteiger partial charge in [-0.05, 0) is 18.8 Å². The van der Waals surface area contributed by atoms with Crippen LogP contribution in [0.25, 0.3) is 0 Å². The van der Waals surface area contributed by atoms with Crippen molar-refractivity contribution < 1.29 is 61.3 Å². The molecule has 0 aromatic carbocycles. The van der Waals surface area contributed by atoms with E-state index in [1.165, 1.54) is 0 Å². The normalized spacial score (nSPS) is 19.1. The molecule has 0 aromatic heterocycles. The number of hydrogen-bond acceptors (Lipinski definition) is 2. The molecule has 0 bridgehead atoms. The summed E-state index contributed by atoms with van der Waals surface area (Å²) < 4.78 is 0. The zero-order valence-electron chi connectivity index (χ0n) is 5.72. The molecule has 0 amide bonds. The molecule has 1 aliphatic carbocycles. The van der Waals surface area contributed by atoms with Gasteiger partial charge in [0.1, 0.15) is 0 Å². The molecule has 46 valence electrons. The maximum Gasteiger partial charge on any atom is 1.00 e. The molecule has 1 rings (SSSR count). The topological polar surface area (TPSA) is 40.1 Å². The standard InChI is InChI=1S/C6H10O2.K/c7-6(8)5-3-1-2-4-5;/h5H,1-4H2,(H,7,8);/q;+1/p-1.